The van der Waals surface area contributed by atoms with Gasteiger partial charge in [0.1, 0.15) is 0 Å². The first-order valence-corrected chi connectivity index (χ1v) is 10.9. The fourth-order valence-electron chi connectivity index (χ4n) is 5.27. The van der Waals surface area contributed by atoms with Crippen LogP contribution in [0.4, 0.5) is 27.5 Å². The number of benzene rings is 1. The topological polar surface area (TPSA) is 96.2 Å². The van der Waals surface area contributed by atoms with Gasteiger partial charge in [-0.05, 0) is 61.8 Å². The third kappa shape index (κ3) is 3.71. The Kier molecular flexibility index (Phi) is 5.00. The minimum absolute atomic E-state index is 0.0834. The number of hydrogen-bond donors (Lipinski definition) is 3. The largest absolute Gasteiger partial charge is 0.371 e. The smallest absolute Gasteiger partial charge is 0.229 e. The number of aromatic nitrogens is 2. The number of nitrogens with zero attached hydrogens (tertiary/aromatic N) is 3. The Bertz CT molecular complexity index is 1030. The van der Waals surface area contributed by atoms with Crippen molar-refractivity contribution in [2.75, 3.05) is 28.6 Å². The minimum atomic E-state index is -0.555. The van der Waals surface area contributed by atoms with E-state index in [2.05, 4.69) is 50.6 Å². The summed E-state index contributed by atoms with van der Waals surface area (Å²) in [6.07, 6.45) is 8.57. The molecule has 2 fully saturated rings. The normalized spacial score (nSPS) is 26.5. The summed E-state index contributed by atoms with van der Waals surface area (Å²) >= 11 is 0. The van der Waals surface area contributed by atoms with Crippen molar-refractivity contribution < 1.29 is 9.18 Å². The Hall–Kier alpha value is -3.16. The van der Waals surface area contributed by atoms with Crippen LogP contribution in [0.25, 0.3) is 0 Å². The molecule has 1 amide bonds. The van der Waals surface area contributed by atoms with Crippen LogP contribution in [0.1, 0.15) is 24.8 Å². The second kappa shape index (κ2) is 7.83. The maximum Gasteiger partial charge on any atom is 0.229 e. The Labute approximate surface area is 180 Å². The molecule has 2 aromatic rings. The Morgan fingerprint density at radius 3 is 2.74 bits per heavy atom. The number of carbonyl (C=O) groups excluding carboxylic acids is 1. The van der Waals surface area contributed by atoms with Crippen molar-refractivity contribution in [2.24, 2.45) is 23.5 Å². The maximum absolute atomic E-state index is 14.5. The van der Waals surface area contributed by atoms with Gasteiger partial charge in [-0.3, -0.25) is 4.79 Å². The fourth-order valence-corrected chi connectivity index (χ4v) is 5.27. The second-order valence-corrected chi connectivity index (χ2v) is 8.76. The van der Waals surface area contributed by atoms with Gasteiger partial charge in [0, 0.05) is 30.5 Å². The van der Waals surface area contributed by atoms with Crippen LogP contribution in [-0.4, -0.2) is 35.0 Å². The third-order valence-corrected chi connectivity index (χ3v) is 6.73. The van der Waals surface area contributed by atoms with Crippen LogP contribution in [0.2, 0.25) is 0 Å². The lowest BCUT2D eigenvalue weighted by molar-refractivity contribution is -0.122. The molecule has 0 spiro atoms. The fraction of sp³-hybridized carbons (Fsp3) is 0.435. The number of amides is 1. The van der Waals surface area contributed by atoms with Gasteiger partial charge in [-0.1, -0.05) is 12.2 Å². The molecule has 1 saturated carbocycles. The molecule has 1 aromatic carbocycles. The molecule has 7 nitrogen and oxygen atoms in total. The van der Waals surface area contributed by atoms with E-state index >= 15 is 0 Å². The first-order chi connectivity index (χ1) is 15.0. The summed E-state index contributed by atoms with van der Waals surface area (Å²) in [7, 11) is 0. The van der Waals surface area contributed by atoms with Crippen LogP contribution in [-0.2, 0) is 4.79 Å². The first kappa shape index (κ1) is 19.8. The van der Waals surface area contributed by atoms with Gasteiger partial charge in [0.15, 0.2) is 11.6 Å². The zero-order chi connectivity index (χ0) is 21.5. The van der Waals surface area contributed by atoms with E-state index in [9.17, 15) is 9.18 Å². The van der Waals surface area contributed by atoms with E-state index < -0.39 is 5.82 Å². The SMILES string of the molecule is Cc1cc(Nc2ncc(F)c(NC3C4C=CC(C4)C3C(N)=O)n2)ccc1N1CCCC1. The van der Waals surface area contributed by atoms with Crippen molar-refractivity contribution >= 4 is 29.0 Å². The molecule has 31 heavy (non-hydrogen) atoms. The van der Waals surface area contributed by atoms with Crippen LogP contribution in [0.3, 0.4) is 0 Å². The average Bonchev–Trinajstić information content (AvgIpc) is 3.48. The summed E-state index contributed by atoms with van der Waals surface area (Å²) in [6, 6.07) is 5.89. The molecule has 4 N–H and O–H groups in total. The molecule has 1 aliphatic heterocycles. The molecule has 2 aliphatic carbocycles. The van der Waals surface area contributed by atoms with Crippen LogP contribution < -0.4 is 21.3 Å². The van der Waals surface area contributed by atoms with Crippen molar-refractivity contribution in [1.29, 1.82) is 0 Å². The predicted molar refractivity (Wildman–Crippen MR) is 119 cm³/mol. The highest BCUT2D eigenvalue weighted by Crippen LogP contribution is 2.45. The lowest BCUT2D eigenvalue weighted by Crippen LogP contribution is -2.41. The van der Waals surface area contributed by atoms with Crippen molar-refractivity contribution in [3.05, 3.63) is 47.9 Å². The molecule has 2 heterocycles. The molecule has 0 radical (unpaired) electrons. The van der Waals surface area contributed by atoms with Crippen LogP contribution in [0, 0.1) is 30.5 Å². The molecule has 1 aromatic heterocycles. The molecule has 5 rings (SSSR count). The molecule has 2 bridgehead atoms. The lowest BCUT2D eigenvalue weighted by Gasteiger charge is -2.27. The number of aryl methyl sites for hydroxylation is 1. The van der Waals surface area contributed by atoms with E-state index in [1.165, 1.54) is 24.1 Å². The first-order valence-electron chi connectivity index (χ1n) is 10.9. The highest BCUT2D eigenvalue weighted by atomic mass is 19.1. The summed E-state index contributed by atoms with van der Waals surface area (Å²) in [6.45, 7) is 4.27. The predicted octanol–water partition coefficient (Wildman–Crippen LogP) is 3.36. The van der Waals surface area contributed by atoms with Gasteiger partial charge in [-0.2, -0.15) is 4.98 Å². The van der Waals surface area contributed by atoms with Gasteiger partial charge < -0.3 is 21.3 Å². The van der Waals surface area contributed by atoms with Gasteiger partial charge >= 0.3 is 0 Å². The number of fused-ring (bicyclic) bond motifs is 2. The number of nitrogens with one attached hydrogen (secondary N) is 2. The molecule has 4 unspecified atom stereocenters. The number of carbonyl (C=O) groups is 1. The van der Waals surface area contributed by atoms with Gasteiger partial charge in [-0.15, -0.1) is 0 Å². The molecule has 1 saturated heterocycles. The summed E-state index contributed by atoms with van der Waals surface area (Å²) < 4.78 is 14.5. The van der Waals surface area contributed by atoms with Crippen LogP contribution in [0.15, 0.2) is 36.5 Å². The Balaban J connectivity index is 1.34. The molecule has 8 heteroatoms. The van der Waals surface area contributed by atoms with Crippen molar-refractivity contribution in [3.8, 4) is 0 Å². The number of anilines is 4. The van der Waals surface area contributed by atoms with Crippen molar-refractivity contribution in [2.45, 2.75) is 32.2 Å². The third-order valence-electron chi connectivity index (χ3n) is 6.73. The van der Waals surface area contributed by atoms with E-state index in [1.54, 1.807) is 0 Å². The van der Waals surface area contributed by atoms with Crippen molar-refractivity contribution in [1.82, 2.24) is 9.97 Å². The van der Waals surface area contributed by atoms with Gasteiger partial charge in [0.2, 0.25) is 11.9 Å². The molecule has 4 atom stereocenters. The van der Waals surface area contributed by atoms with Crippen LogP contribution >= 0.6 is 0 Å². The van der Waals surface area contributed by atoms with Gasteiger partial charge in [0.05, 0.1) is 12.1 Å². The average molecular weight is 423 g/mol. The molecular formula is C23H27FN6O. The number of rotatable bonds is 6. The van der Waals surface area contributed by atoms with Gasteiger partial charge in [-0.25, -0.2) is 9.37 Å². The highest BCUT2D eigenvalue weighted by Gasteiger charge is 2.47. The number of nitrogens with two attached hydrogens (primary N) is 1. The Morgan fingerprint density at radius 1 is 1.23 bits per heavy atom. The van der Waals surface area contributed by atoms with E-state index in [0.717, 1.165) is 31.4 Å². The highest BCUT2D eigenvalue weighted by molar-refractivity contribution is 5.79. The lowest BCUT2D eigenvalue weighted by atomic mass is 9.88. The number of halogens is 1. The molecule has 162 valence electrons. The number of hydrogen-bond acceptors (Lipinski definition) is 6. The summed E-state index contributed by atoms with van der Waals surface area (Å²) in [5.74, 6) is -0.640. The van der Waals surface area contributed by atoms with E-state index in [-0.39, 0.29) is 35.5 Å². The summed E-state index contributed by atoms with van der Waals surface area (Å²) in [4.78, 5) is 22.8. The van der Waals surface area contributed by atoms with Gasteiger partial charge in [0.25, 0.3) is 0 Å². The maximum atomic E-state index is 14.5. The van der Waals surface area contributed by atoms with E-state index in [0.29, 0.717) is 5.95 Å². The second-order valence-electron chi connectivity index (χ2n) is 8.76. The zero-order valence-electron chi connectivity index (χ0n) is 17.5. The Morgan fingerprint density at radius 2 is 2.00 bits per heavy atom. The van der Waals surface area contributed by atoms with Crippen LogP contribution in [0.5, 0.6) is 0 Å². The quantitative estimate of drug-likeness (QED) is 0.618. The number of primary amides is 1. The van der Waals surface area contributed by atoms with Crippen molar-refractivity contribution in [3.63, 3.8) is 0 Å². The van der Waals surface area contributed by atoms with E-state index in [4.69, 9.17) is 5.73 Å². The van der Waals surface area contributed by atoms with E-state index in [1.807, 2.05) is 12.1 Å². The number of allylic oxidation sites excluding steroid dienone is 1. The summed E-state index contributed by atoms with van der Waals surface area (Å²) in [5, 5.41) is 6.30. The monoisotopic (exact) mass is 422 g/mol. The molecular weight excluding hydrogens is 395 g/mol. The zero-order valence-corrected chi connectivity index (χ0v) is 17.5. The summed E-state index contributed by atoms with van der Waals surface area (Å²) in [5.41, 5.74) is 8.87. The minimum Gasteiger partial charge on any atom is -0.371 e. The standard InChI is InChI=1S/C23H27FN6O/c1-13-10-16(6-7-18(13)30-8-2-3-9-30)27-23-26-12-17(24)22(29-23)28-20-15-5-4-14(11-15)19(20)21(25)31/h4-7,10,12,14-15,19-20H,2-3,8-9,11H2,1H3,(H2,25,31)(H2,26,27,28,29). The molecule has 3 aliphatic rings.